The van der Waals surface area contributed by atoms with Gasteiger partial charge in [-0.3, -0.25) is 4.79 Å². The molecule has 1 N–H and O–H groups in total. The monoisotopic (exact) mass is 303 g/mol. The van der Waals surface area contributed by atoms with Crippen LogP contribution in [0.3, 0.4) is 0 Å². The van der Waals surface area contributed by atoms with Crippen molar-refractivity contribution >= 4 is 15.7 Å². The van der Waals surface area contributed by atoms with Crippen LogP contribution in [-0.2, 0) is 14.6 Å². The molecule has 2 unspecified atom stereocenters. The third-order valence-corrected chi connectivity index (χ3v) is 7.19. The summed E-state index contributed by atoms with van der Waals surface area (Å²) in [5, 5.41) is 10.6. The maximum absolute atomic E-state index is 12.5. The number of rotatable bonds is 2. The summed E-state index contributed by atoms with van der Waals surface area (Å²) < 4.78 is 22.2. The normalized spacial score (nSPS) is 31.8. The molecule has 0 radical (unpaired) electrons. The lowest BCUT2D eigenvalue weighted by atomic mass is 9.71. The summed E-state index contributed by atoms with van der Waals surface area (Å²) in [5.74, 6) is -0.253. The van der Waals surface area contributed by atoms with Crippen molar-refractivity contribution in [2.45, 2.75) is 56.3 Å². The Hall–Kier alpha value is -0.620. The summed E-state index contributed by atoms with van der Waals surface area (Å²) in [5.41, 5.74) is -0.649. The zero-order valence-corrected chi connectivity index (χ0v) is 13.4. The van der Waals surface area contributed by atoms with Crippen LogP contribution in [0.15, 0.2) is 0 Å². The number of aliphatic hydroxyl groups is 1. The van der Waals surface area contributed by atoms with E-state index in [1.165, 1.54) is 13.8 Å². The average molecular weight is 303 g/mol. The number of amides is 1. The molecule has 0 aromatic rings. The van der Waals surface area contributed by atoms with Crippen LogP contribution in [0.25, 0.3) is 0 Å². The molecule has 0 aromatic carbocycles. The average Bonchev–Trinajstić information content (AvgIpc) is 2.35. The van der Waals surface area contributed by atoms with Gasteiger partial charge >= 0.3 is 0 Å². The van der Waals surface area contributed by atoms with Crippen LogP contribution < -0.4 is 0 Å². The molecular formula is C14H25NO4S. The van der Waals surface area contributed by atoms with Gasteiger partial charge < -0.3 is 10.0 Å². The fourth-order valence-electron chi connectivity index (χ4n) is 3.29. The SMILES string of the molecule is CC(C)(C(=O)N1CCC2(O)CCCCC2C1)S(C)(=O)=O. The first-order valence-electron chi connectivity index (χ1n) is 7.29. The van der Waals surface area contributed by atoms with Gasteiger partial charge in [-0.1, -0.05) is 12.8 Å². The van der Waals surface area contributed by atoms with Crippen molar-refractivity contribution in [2.75, 3.05) is 19.3 Å². The summed E-state index contributed by atoms with van der Waals surface area (Å²) in [6.07, 6.45) is 5.49. The van der Waals surface area contributed by atoms with Gasteiger partial charge in [-0.15, -0.1) is 0 Å². The third-order valence-electron chi connectivity index (χ3n) is 5.16. The Morgan fingerprint density at radius 3 is 2.55 bits per heavy atom. The number of hydrogen-bond donors (Lipinski definition) is 1. The summed E-state index contributed by atoms with van der Waals surface area (Å²) in [4.78, 5) is 14.1. The number of likely N-dealkylation sites (tertiary alicyclic amines) is 1. The number of carbonyl (C=O) groups excluding carboxylic acids is 1. The van der Waals surface area contributed by atoms with Gasteiger partial charge in [0.05, 0.1) is 5.60 Å². The number of piperidine rings is 1. The van der Waals surface area contributed by atoms with Crippen LogP contribution in [0, 0.1) is 5.92 Å². The molecule has 1 saturated heterocycles. The van der Waals surface area contributed by atoms with Gasteiger partial charge in [0.15, 0.2) is 9.84 Å². The molecule has 2 fully saturated rings. The van der Waals surface area contributed by atoms with Crippen LogP contribution in [0.1, 0.15) is 46.0 Å². The summed E-state index contributed by atoms with van der Waals surface area (Å²) in [6.45, 7) is 3.86. The van der Waals surface area contributed by atoms with E-state index < -0.39 is 20.2 Å². The predicted octanol–water partition coefficient (Wildman–Crippen LogP) is 0.963. The van der Waals surface area contributed by atoms with Crippen molar-refractivity contribution in [3.8, 4) is 0 Å². The van der Waals surface area contributed by atoms with Crippen molar-refractivity contribution in [3.63, 3.8) is 0 Å². The van der Waals surface area contributed by atoms with E-state index in [0.29, 0.717) is 19.5 Å². The summed E-state index contributed by atoms with van der Waals surface area (Å²) in [7, 11) is -3.45. The second-order valence-electron chi connectivity index (χ2n) is 6.83. The Labute approximate surface area is 121 Å². The van der Waals surface area contributed by atoms with Gasteiger partial charge in [-0.05, 0) is 33.1 Å². The lowest BCUT2D eigenvalue weighted by Gasteiger charge is -2.48. The first kappa shape index (κ1) is 15.8. The maximum Gasteiger partial charge on any atom is 0.243 e. The Bertz CT molecular complexity index is 499. The van der Waals surface area contributed by atoms with Gasteiger partial charge in [-0.2, -0.15) is 0 Å². The molecule has 1 amide bonds. The molecule has 1 aliphatic heterocycles. The minimum Gasteiger partial charge on any atom is -0.389 e. The van der Waals surface area contributed by atoms with Crippen molar-refractivity contribution < 1.29 is 18.3 Å². The number of sulfone groups is 1. The van der Waals surface area contributed by atoms with Crippen LogP contribution in [-0.4, -0.2) is 54.0 Å². The minimum absolute atomic E-state index is 0.0873. The second-order valence-corrected chi connectivity index (χ2v) is 9.39. The van der Waals surface area contributed by atoms with Crippen molar-refractivity contribution in [3.05, 3.63) is 0 Å². The number of fused-ring (bicyclic) bond motifs is 1. The second kappa shape index (κ2) is 4.98. The largest absolute Gasteiger partial charge is 0.389 e. The van der Waals surface area contributed by atoms with Gasteiger partial charge in [0.25, 0.3) is 0 Å². The van der Waals surface area contributed by atoms with E-state index in [2.05, 4.69) is 0 Å². The van der Waals surface area contributed by atoms with E-state index in [9.17, 15) is 18.3 Å². The highest BCUT2D eigenvalue weighted by molar-refractivity contribution is 7.92. The van der Waals surface area contributed by atoms with E-state index >= 15 is 0 Å². The molecule has 0 aromatic heterocycles. The molecule has 2 rings (SSSR count). The molecule has 1 saturated carbocycles. The standard InChI is InChI=1S/C14H25NO4S/c1-13(2,20(3,18)19)12(16)15-9-8-14(17)7-5-4-6-11(14)10-15/h11,17H,4-10H2,1-3H3. The number of nitrogens with zero attached hydrogens (tertiary/aromatic N) is 1. The Morgan fingerprint density at radius 2 is 1.95 bits per heavy atom. The third kappa shape index (κ3) is 2.60. The van der Waals surface area contributed by atoms with Crippen LogP contribution in [0.4, 0.5) is 0 Å². The number of hydrogen-bond acceptors (Lipinski definition) is 4. The molecule has 116 valence electrons. The van der Waals surface area contributed by atoms with Gasteiger partial charge in [0.1, 0.15) is 4.75 Å². The lowest BCUT2D eigenvalue weighted by Crippen LogP contribution is -2.59. The van der Waals surface area contributed by atoms with Crippen molar-refractivity contribution in [2.24, 2.45) is 5.92 Å². The highest BCUT2D eigenvalue weighted by Crippen LogP contribution is 2.40. The van der Waals surface area contributed by atoms with Gasteiger partial charge in [0, 0.05) is 25.3 Å². The highest BCUT2D eigenvalue weighted by atomic mass is 32.2. The fourth-order valence-corrected chi connectivity index (χ4v) is 3.74. The summed E-state index contributed by atoms with van der Waals surface area (Å²) >= 11 is 0. The molecule has 0 spiro atoms. The molecule has 2 aliphatic rings. The van der Waals surface area contributed by atoms with Crippen LogP contribution >= 0.6 is 0 Å². The van der Waals surface area contributed by atoms with E-state index in [4.69, 9.17) is 0 Å². The Morgan fingerprint density at radius 1 is 1.30 bits per heavy atom. The zero-order valence-electron chi connectivity index (χ0n) is 12.6. The Balaban J connectivity index is 2.14. The molecule has 6 heteroatoms. The van der Waals surface area contributed by atoms with E-state index in [1.807, 2.05) is 0 Å². The van der Waals surface area contributed by atoms with Crippen molar-refractivity contribution in [1.29, 1.82) is 0 Å². The van der Waals surface area contributed by atoms with E-state index in [0.717, 1.165) is 31.9 Å². The zero-order chi connectivity index (χ0) is 15.2. The molecular weight excluding hydrogens is 278 g/mol. The van der Waals surface area contributed by atoms with E-state index in [1.54, 1.807) is 4.90 Å². The molecule has 1 aliphatic carbocycles. The highest BCUT2D eigenvalue weighted by Gasteiger charge is 2.48. The first-order chi connectivity index (χ1) is 9.08. The maximum atomic E-state index is 12.5. The van der Waals surface area contributed by atoms with Crippen LogP contribution in [0.5, 0.6) is 0 Å². The summed E-state index contributed by atoms with van der Waals surface area (Å²) in [6, 6.07) is 0. The van der Waals surface area contributed by atoms with Gasteiger partial charge in [-0.25, -0.2) is 8.42 Å². The molecule has 1 heterocycles. The first-order valence-corrected chi connectivity index (χ1v) is 9.18. The van der Waals surface area contributed by atoms with Gasteiger partial charge in [0.2, 0.25) is 5.91 Å². The Kier molecular flexibility index (Phi) is 3.93. The number of carbonyl (C=O) groups is 1. The lowest BCUT2D eigenvalue weighted by molar-refractivity contribution is -0.145. The smallest absolute Gasteiger partial charge is 0.243 e. The molecule has 2 atom stereocenters. The van der Waals surface area contributed by atoms with Crippen molar-refractivity contribution in [1.82, 2.24) is 4.90 Å². The predicted molar refractivity (Wildman–Crippen MR) is 77.0 cm³/mol. The molecule has 20 heavy (non-hydrogen) atoms. The fraction of sp³-hybridized carbons (Fsp3) is 0.929. The van der Waals surface area contributed by atoms with Crippen LogP contribution in [0.2, 0.25) is 0 Å². The molecule has 5 nitrogen and oxygen atoms in total. The van der Waals surface area contributed by atoms with E-state index in [-0.39, 0.29) is 11.8 Å². The topological polar surface area (TPSA) is 74.7 Å². The molecule has 0 bridgehead atoms. The minimum atomic E-state index is -3.45. The quantitative estimate of drug-likeness (QED) is 0.824.